The quantitative estimate of drug-likeness (QED) is 0.646. The largest absolute Gasteiger partial charge is 0.384 e. The predicted molar refractivity (Wildman–Crippen MR) is 84.3 cm³/mol. The van der Waals surface area contributed by atoms with Crippen LogP contribution in [0.4, 0.5) is 5.69 Å². The molecule has 0 fully saturated rings. The maximum absolute atomic E-state index is 12.0. The van der Waals surface area contributed by atoms with Gasteiger partial charge in [-0.3, -0.25) is 14.9 Å². The first kappa shape index (κ1) is 16.4. The number of nitro benzene ring substituents is 1. The summed E-state index contributed by atoms with van der Waals surface area (Å²) in [6.07, 6.45) is 0. The Hall–Kier alpha value is -1.96. The van der Waals surface area contributed by atoms with Gasteiger partial charge in [-0.15, -0.1) is 0 Å². The number of hydrogen-bond acceptors (Lipinski definition) is 5. The molecule has 2 rings (SSSR count). The first-order chi connectivity index (χ1) is 10.3. The molecule has 1 atom stereocenters. The summed E-state index contributed by atoms with van der Waals surface area (Å²) in [5, 5.41) is 27.1. The van der Waals surface area contributed by atoms with Gasteiger partial charge in [0.15, 0.2) is 0 Å². The molecule has 0 spiro atoms. The van der Waals surface area contributed by atoms with E-state index >= 15 is 0 Å². The Morgan fingerprint density at radius 3 is 2.77 bits per heavy atom. The van der Waals surface area contributed by atoms with E-state index < -0.39 is 16.4 Å². The van der Waals surface area contributed by atoms with E-state index in [-0.39, 0.29) is 22.8 Å². The normalized spacial score (nSPS) is 13.4. The van der Waals surface area contributed by atoms with Crippen molar-refractivity contribution < 1.29 is 14.8 Å². The van der Waals surface area contributed by atoms with Gasteiger partial charge < -0.3 is 10.4 Å². The van der Waals surface area contributed by atoms with Crippen LogP contribution in [-0.4, -0.2) is 22.5 Å². The fourth-order valence-corrected chi connectivity index (χ4v) is 2.86. The van der Waals surface area contributed by atoms with E-state index in [0.29, 0.717) is 5.56 Å². The van der Waals surface area contributed by atoms with Crippen LogP contribution in [0.1, 0.15) is 22.8 Å². The first-order valence-electron chi connectivity index (χ1n) is 6.28. The van der Waals surface area contributed by atoms with E-state index in [1.54, 1.807) is 18.4 Å². The molecule has 1 unspecified atom stereocenters. The molecule has 1 aromatic carbocycles. The fraction of sp³-hybridized carbons (Fsp3) is 0.214. The van der Waals surface area contributed by atoms with Crippen molar-refractivity contribution in [2.75, 3.05) is 6.54 Å². The topological polar surface area (TPSA) is 92.5 Å². The summed E-state index contributed by atoms with van der Waals surface area (Å²) in [6, 6.07) is 5.50. The van der Waals surface area contributed by atoms with Crippen molar-refractivity contribution in [3.05, 3.63) is 61.3 Å². The molecule has 0 bridgehead atoms. The zero-order valence-corrected chi connectivity index (χ0v) is 13.1. The van der Waals surface area contributed by atoms with Crippen LogP contribution in [0.25, 0.3) is 0 Å². The fourth-order valence-electron chi connectivity index (χ4n) is 1.82. The molecule has 0 aliphatic heterocycles. The highest BCUT2D eigenvalue weighted by atomic mass is 35.5. The molecule has 0 aliphatic rings. The molecule has 1 aromatic heterocycles. The summed E-state index contributed by atoms with van der Waals surface area (Å²) in [7, 11) is 0. The lowest BCUT2D eigenvalue weighted by Gasteiger charge is -2.22. The number of carbonyl (C=O) groups is 1. The summed E-state index contributed by atoms with van der Waals surface area (Å²) in [6.45, 7) is 1.61. The minimum atomic E-state index is -1.19. The number of hydrogen-bond donors (Lipinski definition) is 2. The summed E-state index contributed by atoms with van der Waals surface area (Å²) in [5.74, 6) is -0.465. The van der Waals surface area contributed by atoms with E-state index in [1.165, 1.54) is 29.5 Å². The van der Waals surface area contributed by atoms with Gasteiger partial charge in [0.05, 0.1) is 11.5 Å². The second-order valence-electron chi connectivity index (χ2n) is 4.89. The van der Waals surface area contributed by atoms with Gasteiger partial charge in [0.25, 0.3) is 11.6 Å². The zero-order valence-electron chi connectivity index (χ0n) is 11.6. The second-order valence-corrected chi connectivity index (χ2v) is 6.08. The molecule has 0 saturated carbocycles. The van der Waals surface area contributed by atoms with Crippen molar-refractivity contribution in [1.82, 2.24) is 5.32 Å². The number of carbonyl (C=O) groups excluding carboxylic acids is 1. The lowest BCUT2D eigenvalue weighted by atomic mass is 9.99. The Morgan fingerprint density at radius 2 is 2.23 bits per heavy atom. The van der Waals surface area contributed by atoms with Gasteiger partial charge in [0.2, 0.25) is 0 Å². The minimum absolute atomic E-state index is 0.0111. The molecule has 0 aliphatic carbocycles. The molecule has 2 N–H and O–H groups in total. The van der Waals surface area contributed by atoms with Gasteiger partial charge in [-0.25, -0.2) is 0 Å². The van der Waals surface area contributed by atoms with E-state index in [9.17, 15) is 20.0 Å². The predicted octanol–water partition coefficient (Wildman–Crippen LogP) is 2.95. The Labute approximate surface area is 135 Å². The molecule has 1 amide bonds. The number of amides is 1. The number of rotatable bonds is 5. The Kier molecular flexibility index (Phi) is 4.80. The smallest absolute Gasteiger partial charge is 0.287 e. The van der Waals surface area contributed by atoms with Crippen molar-refractivity contribution >= 4 is 34.5 Å². The van der Waals surface area contributed by atoms with Gasteiger partial charge in [-0.1, -0.05) is 11.6 Å². The highest BCUT2D eigenvalue weighted by molar-refractivity contribution is 7.08. The van der Waals surface area contributed by atoms with Gasteiger partial charge in [0.1, 0.15) is 10.6 Å². The minimum Gasteiger partial charge on any atom is -0.384 e. The number of nitrogens with zero attached hydrogens (tertiary/aromatic N) is 1. The molecule has 8 heteroatoms. The van der Waals surface area contributed by atoms with Crippen LogP contribution in [0.2, 0.25) is 5.02 Å². The number of thiophene rings is 1. The summed E-state index contributed by atoms with van der Waals surface area (Å²) < 4.78 is 0. The summed E-state index contributed by atoms with van der Waals surface area (Å²) in [4.78, 5) is 22.1. The van der Waals surface area contributed by atoms with Crippen molar-refractivity contribution in [2.45, 2.75) is 12.5 Å². The average Bonchev–Trinajstić information content (AvgIpc) is 2.99. The Balaban J connectivity index is 2.07. The summed E-state index contributed by atoms with van der Waals surface area (Å²) in [5.41, 5.74) is -0.556. The van der Waals surface area contributed by atoms with E-state index in [4.69, 9.17) is 11.6 Å². The monoisotopic (exact) mass is 340 g/mol. The van der Waals surface area contributed by atoms with Crippen LogP contribution < -0.4 is 5.32 Å². The highest BCUT2D eigenvalue weighted by Gasteiger charge is 2.24. The highest BCUT2D eigenvalue weighted by Crippen LogP contribution is 2.25. The first-order valence-corrected chi connectivity index (χ1v) is 7.60. The zero-order chi connectivity index (χ0) is 16.3. The number of halogens is 1. The number of nitrogens with one attached hydrogen (secondary N) is 1. The number of benzene rings is 1. The Bertz CT molecular complexity index is 701. The maximum atomic E-state index is 12.0. The van der Waals surface area contributed by atoms with Crippen LogP contribution in [-0.2, 0) is 5.60 Å². The van der Waals surface area contributed by atoms with Crippen LogP contribution >= 0.6 is 22.9 Å². The van der Waals surface area contributed by atoms with Crippen LogP contribution in [0.15, 0.2) is 35.0 Å². The van der Waals surface area contributed by atoms with E-state index in [0.717, 1.165) is 0 Å². The van der Waals surface area contributed by atoms with Crippen molar-refractivity contribution in [1.29, 1.82) is 0 Å². The van der Waals surface area contributed by atoms with Gasteiger partial charge in [-0.2, -0.15) is 11.3 Å². The standard InChI is InChI=1S/C14H13ClN2O4S/c1-14(19,10-4-5-22-7-10)8-16-13(18)9-2-3-12(17(20)21)11(15)6-9/h2-7,19H,8H2,1H3,(H,16,18). The third-order valence-electron chi connectivity index (χ3n) is 3.14. The van der Waals surface area contributed by atoms with E-state index in [1.807, 2.05) is 5.38 Å². The third-order valence-corrected chi connectivity index (χ3v) is 4.13. The van der Waals surface area contributed by atoms with Crippen molar-refractivity contribution in [2.24, 2.45) is 0 Å². The molecule has 0 saturated heterocycles. The van der Waals surface area contributed by atoms with Crippen molar-refractivity contribution in [3.63, 3.8) is 0 Å². The molecule has 2 aromatic rings. The molecular formula is C14H13ClN2O4S. The Morgan fingerprint density at radius 1 is 1.50 bits per heavy atom. The summed E-state index contributed by atoms with van der Waals surface area (Å²) >= 11 is 7.22. The number of aliphatic hydroxyl groups is 1. The third kappa shape index (κ3) is 3.62. The molecule has 22 heavy (non-hydrogen) atoms. The van der Waals surface area contributed by atoms with Crippen LogP contribution in [0.5, 0.6) is 0 Å². The van der Waals surface area contributed by atoms with E-state index in [2.05, 4.69) is 5.32 Å². The number of nitro groups is 1. The molecular weight excluding hydrogens is 328 g/mol. The van der Waals surface area contributed by atoms with Crippen LogP contribution in [0, 0.1) is 10.1 Å². The SMILES string of the molecule is CC(O)(CNC(=O)c1ccc([N+](=O)[O-])c(Cl)c1)c1ccsc1. The second kappa shape index (κ2) is 6.43. The molecule has 116 valence electrons. The molecule has 0 radical (unpaired) electrons. The molecule has 6 nitrogen and oxygen atoms in total. The maximum Gasteiger partial charge on any atom is 0.287 e. The van der Waals surface area contributed by atoms with Gasteiger partial charge in [0, 0.05) is 11.6 Å². The van der Waals surface area contributed by atoms with Crippen molar-refractivity contribution in [3.8, 4) is 0 Å². The van der Waals surface area contributed by atoms with Gasteiger partial charge >= 0.3 is 0 Å². The van der Waals surface area contributed by atoms with Crippen LogP contribution in [0.3, 0.4) is 0 Å². The lowest BCUT2D eigenvalue weighted by molar-refractivity contribution is -0.384. The van der Waals surface area contributed by atoms with Gasteiger partial charge in [-0.05, 0) is 41.4 Å². The lowest BCUT2D eigenvalue weighted by Crippen LogP contribution is -2.38. The molecule has 1 heterocycles. The average molecular weight is 341 g/mol.